The minimum atomic E-state index is -0.401. The molecule has 1 unspecified atom stereocenters. The van der Waals surface area contributed by atoms with Crippen molar-refractivity contribution in [3.05, 3.63) is 30.3 Å². The second-order valence-corrected chi connectivity index (χ2v) is 4.55. The van der Waals surface area contributed by atoms with E-state index in [0.29, 0.717) is 19.0 Å². The smallest absolute Gasteiger partial charge is 0.0867 e. The number of thioether (sulfide) groups is 1. The van der Waals surface area contributed by atoms with Crippen molar-refractivity contribution < 1.29 is 22.3 Å². The highest BCUT2D eigenvalue weighted by atomic mass is 35.5. The zero-order valence-electron chi connectivity index (χ0n) is 9.93. The second-order valence-electron chi connectivity index (χ2n) is 3.46. The van der Waals surface area contributed by atoms with Gasteiger partial charge in [-0.15, -0.1) is 11.8 Å². The van der Waals surface area contributed by atoms with Gasteiger partial charge in [0.1, 0.15) is 0 Å². The van der Waals surface area contributed by atoms with Gasteiger partial charge < -0.3 is 27.6 Å². The number of hydrogen-bond donors (Lipinski definition) is 2. The highest BCUT2D eigenvalue weighted by Gasteiger charge is 2.04. The van der Waals surface area contributed by atoms with Gasteiger partial charge in [-0.3, -0.25) is 0 Å². The predicted octanol–water partition coefficient (Wildman–Crippen LogP) is -1.62. The Hall–Kier alpha value is -0.260. The van der Waals surface area contributed by atoms with Crippen LogP contribution in [0.3, 0.4) is 0 Å². The van der Waals surface area contributed by atoms with Crippen molar-refractivity contribution in [2.75, 3.05) is 32.6 Å². The van der Waals surface area contributed by atoms with E-state index in [2.05, 4.69) is 5.32 Å². The Morgan fingerprint density at radius 2 is 2.06 bits per heavy atom. The average Bonchev–Trinajstić information content (AvgIpc) is 2.33. The topological polar surface area (TPSA) is 41.5 Å². The largest absolute Gasteiger partial charge is 1.00 e. The average molecular weight is 277 g/mol. The molecule has 1 atom stereocenters. The lowest BCUT2D eigenvalue weighted by Crippen LogP contribution is -3.00. The van der Waals surface area contributed by atoms with Gasteiger partial charge in [0.05, 0.1) is 19.3 Å². The van der Waals surface area contributed by atoms with Gasteiger partial charge in [-0.25, -0.2) is 0 Å². The molecule has 0 fully saturated rings. The number of rotatable bonds is 8. The molecule has 0 bridgehead atoms. The Kier molecular flexibility index (Phi) is 10.7. The summed E-state index contributed by atoms with van der Waals surface area (Å²) in [7, 11) is 1.88. The summed E-state index contributed by atoms with van der Waals surface area (Å²) in [5.74, 6) is 0.670. The number of ether oxygens (including phenoxy) is 1. The molecule has 0 aliphatic rings. The van der Waals surface area contributed by atoms with Gasteiger partial charge in [0, 0.05) is 17.2 Å². The van der Waals surface area contributed by atoms with Crippen LogP contribution in [0.1, 0.15) is 0 Å². The maximum absolute atomic E-state index is 9.64. The van der Waals surface area contributed by atoms with Crippen LogP contribution in [0.4, 0.5) is 0 Å². The van der Waals surface area contributed by atoms with Crippen LogP contribution in [0, 0.1) is 0 Å². The van der Waals surface area contributed by atoms with Crippen LogP contribution >= 0.6 is 11.8 Å². The van der Waals surface area contributed by atoms with Gasteiger partial charge in [0.25, 0.3) is 0 Å². The number of aliphatic hydroxyl groups excluding tert-OH is 1. The van der Waals surface area contributed by atoms with Gasteiger partial charge >= 0.3 is 0 Å². The summed E-state index contributed by atoms with van der Waals surface area (Å²) in [6.07, 6.45) is -0.401. The summed E-state index contributed by atoms with van der Waals surface area (Å²) >= 11 is 1.65. The fraction of sp³-hybridized carbons (Fsp3) is 0.500. The lowest BCUT2D eigenvalue weighted by Gasteiger charge is -2.10. The fourth-order valence-electron chi connectivity index (χ4n) is 1.15. The summed E-state index contributed by atoms with van der Waals surface area (Å²) in [5, 5.41) is 12.6. The Balaban J connectivity index is 0.00000256. The molecule has 0 spiro atoms. The van der Waals surface area contributed by atoms with E-state index in [1.54, 1.807) is 11.8 Å². The van der Waals surface area contributed by atoms with Gasteiger partial charge in [-0.1, -0.05) is 18.2 Å². The van der Waals surface area contributed by atoms with Crippen molar-refractivity contribution in [2.45, 2.75) is 11.0 Å². The van der Waals surface area contributed by atoms with Crippen molar-refractivity contribution in [1.29, 1.82) is 0 Å². The van der Waals surface area contributed by atoms with Crippen molar-refractivity contribution in [3.63, 3.8) is 0 Å². The number of halogens is 1. The first-order valence-corrected chi connectivity index (χ1v) is 6.39. The van der Waals surface area contributed by atoms with Gasteiger partial charge in [-0.05, 0) is 19.2 Å². The fourth-order valence-corrected chi connectivity index (χ4v) is 1.98. The summed E-state index contributed by atoms with van der Waals surface area (Å²) in [5.41, 5.74) is 0. The molecular weight excluding hydrogens is 258 g/mol. The molecule has 1 aromatic rings. The molecule has 5 heteroatoms. The number of nitrogens with one attached hydrogen (secondary N) is 1. The maximum atomic E-state index is 9.64. The van der Waals surface area contributed by atoms with E-state index in [0.717, 1.165) is 6.54 Å². The lowest BCUT2D eigenvalue weighted by atomic mass is 10.4. The number of aliphatic hydroxyl groups is 1. The van der Waals surface area contributed by atoms with Crippen molar-refractivity contribution in [2.24, 2.45) is 0 Å². The molecule has 2 N–H and O–H groups in total. The number of hydrogen-bond acceptors (Lipinski definition) is 4. The molecule has 0 amide bonds. The third kappa shape index (κ3) is 8.46. The molecular formula is C12H19ClNO2S-. The van der Waals surface area contributed by atoms with Crippen LogP contribution in [0.25, 0.3) is 0 Å². The molecule has 1 rings (SSSR count). The molecule has 0 radical (unpaired) electrons. The first kappa shape index (κ1) is 16.7. The van der Waals surface area contributed by atoms with Crippen LogP contribution in [-0.2, 0) is 4.74 Å². The van der Waals surface area contributed by atoms with Crippen molar-refractivity contribution >= 4 is 11.8 Å². The molecule has 0 aromatic heterocycles. The lowest BCUT2D eigenvalue weighted by molar-refractivity contribution is -0.00000535. The normalized spacial score (nSPS) is 11.9. The summed E-state index contributed by atoms with van der Waals surface area (Å²) in [4.78, 5) is 1.18. The van der Waals surface area contributed by atoms with Crippen LogP contribution in [0.15, 0.2) is 35.2 Å². The summed E-state index contributed by atoms with van der Waals surface area (Å²) in [6, 6.07) is 10.1. The van der Waals surface area contributed by atoms with Crippen molar-refractivity contribution in [1.82, 2.24) is 5.32 Å². The molecule has 0 heterocycles. The van der Waals surface area contributed by atoms with Gasteiger partial charge in [0.2, 0.25) is 0 Å². The quantitative estimate of drug-likeness (QED) is 0.442. The Morgan fingerprint density at radius 3 is 2.71 bits per heavy atom. The van der Waals surface area contributed by atoms with E-state index < -0.39 is 6.10 Å². The highest BCUT2D eigenvalue weighted by molar-refractivity contribution is 7.99. The van der Waals surface area contributed by atoms with Gasteiger partial charge in [0.15, 0.2) is 0 Å². The third-order valence-electron chi connectivity index (χ3n) is 1.99. The monoisotopic (exact) mass is 276 g/mol. The first-order chi connectivity index (χ1) is 7.83. The maximum Gasteiger partial charge on any atom is 0.0867 e. The molecule has 98 valence electrons. The van der Waals surface area contributed by atoms with Crippen LogP contribution in [0.5, 0.6) is 0 Å². The van der Waals surface area contributed by atoms with Crippen LogP contribution in [0.2, 0.25) is 0 Å². The molecule has 0 saturated carbocycles. The molecule has 3 nitrogen and oxygen atoms in total. The molecule has 0 aliphatic carbocycles. The van der Waals surface area contributed by atoms with Crippen LogP contribution < -0.4 is 17.7 Å². The second kappa shape index (κ2) is 10.9. The highest BCUT2D eigenvalue weighted by Crippen LogP contribution is 2.17. The third-order valence-corrected chi connectivity index (χ3v) is 3.15. The minimum Gasteiger partial charge on any atom is -1.00 e. The Morgan fingerprint density at radius 1 is 1.35 bits per heavy atom. The minimum absolute atomic E-state index is 0. The number of benzene rings is 1. The Bertz CT molecular complexity index is 274. The van der Waals surface area contributed by atoms with E-state index in [1.807, 2.05) is 37.4 Å². The molecule has 17 heavy (non-hydrogen) atoms. The zero-order valence-corrected chi connectivity index (χ0v) is 11.5. The zero-order chi connectivity index (χ0) is 11.6. The first-order valence-electron chi connectivity index (χ1n) is 5.41. The van der Waals surface area contributed by atoms with E-state index in [-0.39, 0.29) is 12.4 Å². The Labute approximate surface area is 113 Å². The molecule has 1 aromatic carbocycles. The standard InChI is InChI=1S/C12H19NO2S.ClH/c1-13-7-8-15-9-11(14)10-16-12-5-3-2-4-6-12;/h2-6,11,13-14H,7-10H2,1H3;1H/p-1. The molecule has 0 aliphatic heterocycles. The van der Waals surface area contributed by atoms with Gasteiger partial charge in [-0.2, -0.15) is 0 Å². The van der Waals surface area contributed by atoms with E-state index in [4.69, 9.17) is 4.74 Å². The van der Waals surface area contributed by atoms with E-state index in [9.17, 15) is 5.11 Å². The molecule has 0 saturated heterocycles. The summed E-state index contributed by atoms with van der Waals surface area (Å²) < 4.78 is 5.30. The summed E-state index contributed by atoms with van der Waals surface area (Å²) in [6.45, 7) is 1.86. The predicted molar refractivity (Wildman–Crippen MR) is 67.9 cm³/mol. The SMILES string of the molecule is CNCCOCC(O)CSc1ccccc1.[Cl-]. The van der Waals surface area contributed by atoms with Crippen molar-refractivity contribution in [3.8, 4) is 0 Å². The van der Waals surface area contributed by atoms with Crippen LogP contribution in [-0.4, -0.2) is 43.8 Å². The van der Waals surface area contributed by atoms with E-state index >= 15 is 0 Å². The van der Waals surface area contributed by atoms with E-state index in [1.165, 1.54) is 4.90 Å². The number of likely N-dealkylation sites (N-methyl/N-ethyl adjacent to an activating group) is 1.